The van der Waals surface area contributed by atoms with E-state index in [0.717, 1.165) is 41.9 Å². The molecule has 0 unspecified atom stereocenters. The molecule has 1 saturated heterocycles. The van der Waals surface area contributed by atoms with Gasteiger partial charge in [-0.3, -0.25) is 9.79 Å². The SMILES string of the molecule is CN=C(NCc1ccc(C(=O)N(C)C)cc1)NCc1ccc(N2CCC(C)CC2)nc1. The number of benzene rings is 1. The van der Waals surface area contributed by atoms with Crippen molar-refractivity contribution < 1.29 is 4.79 Å². The molecule has 0 radical (unpaired) electrons. The van der Waals surface area contributed by atoms with Crippen molar-refractivity contribution in [1.82, 2.24) is 20.5 Å². The van der Waals surface area contributed by atoms with Crippen LogP contribution >= 0.6 is 0 Å². The first-order valence-electron chi connectivity index (χ1n) is 10.9. The van der Waals surface area contributed by atoms with E-state index in [9.17, 15) is 4.79 Å². The molecule has 1 amide bonds. The molecule has 0 aliphatic carbocycles. The fraction of sp³-hybridized carbons (Fsp3) is 0.458. The number of hydrogen-bond donors (Lipinski definition) is 2. The lowest BCUT2D eigenvalue weighted by atomic mass is 9.99. The summed E-state index contributed by atoms with van der Waals surface area (Å²) < 4.78 is 0. The van der Waals surface area contributed by atoms with E-state index >= 15 is 0 Å². The lowest BCUT2D eigenvalue weighted by Gasteiger charge is -2.31. The Kier molecular flexibility index (Phi) is 7.87. The number of pyridine rings is 1. The van der Waals surface area contributed by atoms with E-state index in [1.165, 1.54) is 12.8 Å². The molecule has 1 aliphatic heterocycles. The van der Waals surface area contributed by atoms with Crippen molar-refractivity contribution in [2.75, 3.05) is 39.1 Å². The number of aromatic nitrogens is 1. The van der Waals surface area contributed by atoms with Crippen LogP contribution in [0.1, 0.15) is 41.3 Å². The van der Waals surface area contributed by atoms with Crippen LogP contribution in [0.2, 0.25) is 0 Å². The van der Waals surface area contributed by atoms with Crippen molar-refractivity contribution in [2.24, 2.45) is 10.9 Å². The third-order valence-electron chi connectivity index (χ3n) is 5.67. The highest BCUT2D eigenvalue weighted by atomic mass is 16.2. The predicted molar refractivity (Wildman–Crippen MR) is 126 cm³/mol. The van der Waals surface area contributed by atoms with Crippen molar-refractivity contribution in [2.45, 2.75) is 32.9 Å². The number of guanidine groups is 1. The summed E-state index contributed by atoms with van der Waals surface area (Å²) in [5.74, 6) is 2.61. The van der Waals surface area contributed by atoms with Crippen molar-refractivity contribution in [3.8, 4) is 0 Å². The Hall–Kier alpha value is -3.09. The van der Waals surface area contributed by atoms with Gasteiger partial charge >= 0.3 is 0 Å². The quantitative estimate of drug-likeness (QED) is 0.553. The average molecular weight is 423 g/mol. The molecule has 0 bridgehead atoms. The minimum atomic E-state index is 0.00598. The topological polar surface area (TPSA) is 72.9 Å². The predicted octanol–water partition coefficient (Wildman–Crippen LogP) is 2.88. The average Bonchev–Trinajstić information content (AvgIpc) is 2.80. The summed E-state index contributed by atoms with van der Waals surface area (Å²) in [6.45, 7) is 5.78. The number of piperidine rings is 1. The van der Waals surface area contributed by atoms with Gasteiger partial charge in [-0.15, -0.1) is 0 Å². The maximum Gasteiger partial charge on any atom is 0.253 e. The van der Waals surface area contributed by atoms with Gasteiger partial charge in [0.05, 0.1) is 0 Å². The molecule has 3 rings (SSSR count). The summed E-state index contributed by atoms with van der Waals surface area (Å²) in [6.07, 6.45) is 4.41. The Morgan fingerprint density at radius 3 is 2.23 bits per heavy atom. The van der Waals surface area contributed by atoms with Crippen LogP contribution in [0.4, 0.5) is 5.82 Å². The molecule has 0 atom stereocenters. The van der Waals surface area contributed by atoms with Gasteiger partial charge in [-0.25, -0.2) is 4.98 Å². The zero-order valence-corrected chi connectivity index (χ0v) is 19.1. The Labute approximate surface area is 185 Å². The molecular formula is C24H34N6O. The second kappa shape index (κ2) is 10.8. The standard InChI is InChI=1S/C24H34N6O/c1-18-11-13-30(14-12-18)22-10-7-20(16-26-22)17-28-24(25-2)27-15-19-5-8-21(9-6-19)23(31)29(3)4/h5-10,16,18H,11-15,17H2,1-4H3,(H2,25,27,28). The highest BCUT2D eigenvalue weighted by Crippen LogP contribution is 2.21. The zero-order chi connectivity index (χ0) is 22.2. The molecule has 7 nitrogen and oxygen atoms in total. The largest absolute Gasteiger partial charge is 0.357 e. The maximum atomic E-state index is 12.0. The summed E-state index contributed by atoms with van der Waals surface area (Å²) in [7, 11) is 5.27. The van der Waals surface area contributed by atoms with E-state index in [4.69, 9.17) is 0 Å². The van der Waals surface area contributed by atoms with Crippen LogP contribution in [0.3, 0.4) is 0 Å². The third-order valence-corrected chi connectivity index (χ3v) is 5.67. The summed E-state index contributed by atoms with van der Waals surface area (Å²) in [5, 5.41) is 6.64. The minimum Gasteiger partial charge on any atom is -0.357 e. The van der Waals surface area contributed by atoms with Gasteiger partial charge in [0.15, 0.2) is 5.96 Å². The minimum absolute atomic E-state index is 0.00598. The first-order chi connectivity index (χ1) is 15.0. The molecule has 7 heteroatoms. The van der Waals surface area contributed by atoms with Gasteiger partial charge in [-0.2, -0.15) is 0 Å². The molecule has 1 aromatic heterocycles. The number of amides is 1. The van der Waals surface area contributed by atoms with Crippen molar-refractivity contribution in [1.29, 1.82) is 0 Å². The van der Waals surface area contributed by atoms with Crippen LogP contribution in [0, 0.1) is 5.92 Å². The Morgan fingerprint density at radius 2 is 1.68 bits per heavy atom. The third kappa shape index (κ3) is 6.44. The van der Waals surface area contributed by atoms with Crippen molar-refractivity contribution >= 4 is 17.7 Å². The summed E-state index contributed by atoms with van der Waals surface area (Å²) >= 11 is 0. The van der Waals surface area contributed by atoms with Gasteiger partial charge in [0.1, 0.15) is 5.82 Å². The summed E-state index contributed by atoms with van der Waals surface area (Å²) in [5.41, 5.74) is 2.88. The number of aliphatic imine (C=N–C) groups is 1. The van der Waals surface area contributed by atoms with Gasteiger partial charge in [0.25, 0.3) is 5.91 Å². The van der Waals surface area contributed by atoms with Gasteiger partial charge in [-0.05, 0) is 48.1 Å². The van der Waals surface area contributed by atoms with Crippen LogP contribution in [0.5, 0.6) is 0 Å². The van der Waals surface area contributed by atoms with E-state index in [2.05, 4.69) is 44.6 Å². The highest BCUT2D eigenvalue weighted by Gasteiger charge is 2.16. The zero-order valence-electron chi connectivity index (χ0n) is 19.1. The monoisotopic (exact) mass is 422 g/mol. The fourth-order valence-electron chi connectivity index (χ4n) is 3.56. The lowest BCUT2D eigenvalue weighted by molar-refractivity contribution is 0.0827. The van der Waals surface area contributed by atoms with E-state index in [-0.39, 0.29) is 5.91 Å². The van der Waals surface area contributed by atoms with Crippen LogP contribution in [-0.4, -0.2) is 56.0 Å². The Morgan fingerprint density at radius 1 is 1.06 bits per heavy atom. The van der Waals surface area contributed by atoms with Crippen molar-refractivity contribution in [3.05, 3.63) is 59.3 Å². The molecule has 2 N–H and O–H groups in total. The number of hydrogen-bond acceptors (Lipinski definition) is 4. The molecule has 1 fully saturated rings. The molecule has 1 aromatic carbocycles. The van der Waals surface area contributed by atoms with Gasteiger partial charge in [0, 0.05) is 59.1 Å². The van der Waals surface area contributed by atoms with Crippen LogP contribution in [0.15, 0.2) is 47.6 Å². The van der Waals surface area contributed by atoms with Gasteiger partial charge < -0.3 is 20.4 Å². The second-order valence-electron chi connectivity index (χ2n) is 8.37. The molecule has 31 heavy (non-hydrogen) atoms. The summed E-state index contributed by atoms with van der Waals surface area (Å²) in [6, 6.07) is 11.9. The Balaban J connectivity index is 1.46. The normalized spacial score (nSPS) is 15.0. The first-order valence-corrected chi connectivity index (χ1v) is 10.9. The maximum absolute atomic E-state index is 12.0. The second-order valence-corrected chi connectivity index (χ2v) is 8.37. The van der Waals surface area contributed by atoms with Gasteiger partial charge in [-0.1, -0.05) is 25.1 Å². The molecule has 2 heterocycles. The van der Waals surface area contributed by atoms with Gasteiger partial charge in [0.2, 0.25) is 0 Å². The van der Waals surface area contributed by atoms with E-state index < -0.39 is 0 Å². The molecule has 0 spiro atoms. The molecule has 1 aliphatic rings. The number of carbonyl (C=O) groups is 1. The number of nitrogens with one attached hydrogen (secondary N) is 2. The van der Waals surface area contributed by atoms with Crippen LogP contribution in [-0.2, 0) is 13.1 Å². The van der Waals surface area contributed by atoms with Crippen LogP contribution in [0.25, 0.3) is 0 Å². The van der Waals surface area contributed by atoms with Crippen LogP contribution < -0.4 is 15.5 Å². The molecule has 2 aromatic rings. The lowest BCUT2D eigenvalue weighted by Crippen LogP contribution is -2.36. The number of anilines is 1. The highest BCUT2D eigenvalue weighted by molar-refractivity contribution is 5.93. The molecule has 166 valence electrons. The molecule has 0 saturated carbocycles. The first kappa shape index (κ1) is 22.6. The number of rotatable bonds is 6. The molecular weight excluding hydrogens is 388 g/mol. The smallest absolute Gasteiger partial charge is 0.253 e. The summed E-state index contributed by atoms with van der Waals surface area (Å²) in [4.78, 5) is 24.9. The van der Waals surface area contributed by atoms with E-state index in [1.807, 2.05) is 30.5 Å². The van der Waals surface area contributed by atoms with E-state index in [0.29, 0.717) is 18.7 Å². The number of nitrogens with zero attached hydrogens (tertiary/aromatic N) is 4. The van der Waals surface area contributed by atoms with Crippen molar-refractivity contribution in [3.63, 3.8) is 0 Å². The number of carbonyl (C=O) groups excluding carboxylic acids is 1. The Bertz CT molecular complexity index is 868. The fourth-order valence-corrected chi connectivity index (χ4v) is 3.56. The van der Waals surface area contributed by atoms with E-state index in [1.54, 1.807) is 26.0 Å².